The van der Waals surface area contributed by atoms with Crippen LogP contribution in [0.15, 0.2) is 10.8 Å². The number of aromatic nitrogens is 2. The highest BCUT2D eigenvalue weighted by atomic mass is 79.9. The standard InChI is InChI=1S/C11H20BrN5O/c1-4-18-5-8(7(2)3)16-10-9(12)11(17-13)15-6-14-10/h6-8H,4-5,13H2,1-3H3,(H2,14,15,16,17). The second kappa shape index (κ2) is 7.50. The van der Waals surface area contributed by atoms with Crippen LogP contribution in [-0.2, 0) is 4.74 Å². The number of hydrogen-bond donors (Lipinski definition) is 3. The molecule has 0 radical (unpaired) electrons. The summed E-state index contributed by atoms with van der Waals surface area (Å²) in [6, 6.07) is 0.182. The van der Waals surface area contributed by atoms with Gasteiger partial charge in [-0.2, -0.15) is 0 Å². The molecular weight excluding hydrogens is 298 g/mol. The number of nitrogen functional groups attached to an aromatic ring is 1. The zero-order chi connectivity index (χ0) is 13.5. The lowest BCUT2D eigenvalue weighted by molar-refractivity contribution is 0.126. The number of nitrogens with zero attached hydrogens (tertiary/aromatic N) is 2. The molecule has 0 saturated carbocycles. The van der Waals surface area contributed by atoms with E-state index in [4.69, 9.17) is 10.6 Å². The van der Waals surface area contributed by atoms with Crippen LogP contribution in [0.4, 0.5) is 11.6 Å². The van der Waals surface area contributed by atoms with Crippen LogP contribution in [0.3, 0.4) is 0 Å². The second-order valence-corrected chi connectivity index (χ2v) is 4.98. The van der Waals surface area contributed by atoms with E-state index in [2.05, 4.69) is 50.5 Å². The van der Waals surface area contributed by atoms with Crippen molar-refractivity contribution in [3.05, 3.63) is 10.8 Å². The highest BCUT2D eigenvalue weighted by molar-refractivity contribution is 9.10. The van der Waals surface area contributed by atoms with Gasteiger partial charge in [-0.3, -0.25) is 0 Å². The monoisotopic (exact) mass is 317 g/mol. The van der Waals surface area contributed by atoms with Crippen molar-refractivity contribution >= 4 is 27.6 Å². The molecule has 18 heavy (non-hydrogen) atoms. The Balaban J connectivity index is 2.80. The highest BCUT2D eigenvalue weighted by Gasteiger charge is 2.16. The summed E-state index contributed by atoms with van der Waals surface area (Å²) >= 11 is 3.42. The lowest BCUT2D eigenvalue weighted by Crippen LogP contribution is -2.31. The number of hydrogen-bond acceptors (Lipinski definition) is 6. The van der Waals surface area contributed by atoms with Crippen molar-refractivity contribution in [2.75, 3.05) is 24.0 Å². The maximum Gasteiger partial charge on any atom is 0.159 e. The van der Waals surface area contributed by atoms with E-state index in [-0.39, 0.29) is 6.04 Å². The Labute approximate surface area is 116 Å². The molecule has 4 N–H and O–H groups in total. The minimum absolute atomic E-state index is 0.182. The predicted molar refractivity (Wildman–Crippen MR) is 76.3 cm³/mol. The predicted octanol–water partition coefficient (Wildman–Crippen LogP) is 2.00. The molecule has 0 aliphatic heterocycles. The minimum atomic E-state index is 0.182. The third-order valence-electron chi connectivity index (χ3n) is 2.55. The van der Waals surface area contributed by atoms with E-state index in [1.54, 1.807) is 0 Å². The van der Waals surface area contributed by atoms with Crippen LogP contribution >= 0.6 is 15.9 Å². The number of rotatable bonds is 7. The number of anilines is 2. The summed E-state index contributed by atoms with van der Waals surface area (Å²) in [5, 5.41) is 3.34. The molecule has 0 aliphatic rings. The van der Waals surface area contributed by atoms with Gasteiger partial charge in [0.25, 0.3) is 0 Å². The van der Waals surface area contributed by atoms with Gasteiger partial charge in [-0.05, 0) is 28.8 Å². The number of hydrazine groups is 1. The number of nitrogens with one attached hydrogen (secondary N) is 2. The zero-order valence-electron chi connectivity index (χ0n) is 10.9. The first kappa shape index (κ1) is 15.1. The van der Waals surface area contributed by atoms with Crippen LogP contribution in [0, 0.1) is 5.92 Å². The molecule has 0 spiro atoms. The van der Waals surface area contributed by atoms with Crippen molar-refractivity contribution in [3.63, 3.8) is 0 Å². The first-order chi connectivity index (χ1) is 8.60. The molecule has 1 unspecified atom stereocenters. The fourth-order valence-electron chi connectivity index (χ4n) is 1.39. The van der Waals surface area contributed by atoms with Gasteiger partial charge in [0.1, 0.15) is 16.6 Å². The molecule has 102 valence electrons. The quantitative estimate of drug-likeness (QED) is 0.527. The summed E-state index contributed by atoms with van der Waals surface area (Å²) in [4.78, 5) is 8.20. The lowest BCUT2D eigenvalue weighted by Gasteiger charge is -2.23. The molecule has 0 saturated heterocycles. The first-order valence-corrected chi connectivity index (χ1v) is 6.70. The van der Waals surface area contributed by atoms with Crippen LogP contribution in [0.1, 0.15) is 20.8 Å². The molecule has 1 aromatic rings. The summed E-state index contributed by atoms with van der Waals surface area (Å²) in [5.74, 6) is 7.04. The zero-order valence-corrected chi connectivity index (χ0v) is 12.5. The number of halogens is 1. The number of nitrogens with two attached hydrogens (primary N) is 1. The summed E-state index contributed by atoms with van der Waals surface area (Å²) in [7, 11) is 0. The Bertz CT molecular complexity index is 374. The SMILES string of the molecule is CCOCC(Nc1ncnc(NN)c1Br)C(C)C. The molecule has 1 aromatic heterocycles. The average Bonchev–Trinajstić information content (AvgIpc) is 2.36. The smallest absolute Gasteiger partial charge is 0.159 e. The maximum atomic E-state index is 5.46. The average molecular weight is 318 g/mol. The van der Waals surface area contributed by atoms with Gasteiger partial charge in [-0.1, -0.05) is 13.8 Å². The Hall–Kier alpha value is -0.920. The van der Waals surface area contributed by atoms with Gasteiger partial charge < -0.3 is 15.5 Å². The van der Waals surface area contributed by atoms with Crippen molar-refractivity contribution in [2.24, 2.45) is 11.8 Å². The number of ether oxygens (including phenoxy) is 1. The molecule has 6 nitrogen and oxygen atoms in total. The molecule has 0 bridgehead atoms. The highest BCUT2D eigenvalue weighted by Crippen LogP contribution is 2.27. The molecule has 1 atom stereocenters. The Morgan fingerprint density at radius 2 is 2.06 bits per heavy atom. The fourth-order valence-corrected chi connectivity index (χ4v) is 1.83. The van der Waals surface area contributed by atoms with E-state index in [0.29, 0.717) is 30.8 Å². The van der Waals surface area contributed by atoms with E-state index in [1.807, 2.05) is 6.92 Å². The van der Waals surface area contributed by atoms with Crippen LogP contribution < -0.4 is 16.6 Å². The fraction of sp³-hybridized carbons (Fsp3) is 0.636. The summed E-state index contributed by atoms with van der Waals surface area (Å²) in [6.07, 6.45) is 1.46. The Morgan fingerprint density at radius 1 is 1.39 bits per heavy atom. The first-order valence-electron chi connectivity index (χ1n) is 5.91. The lowest BCUT2D eigenvalue weighted by atomic mass is 10.1. The molecule has 0 fully saturated rings. The molecule has 0 amide bonds. The molecule has 7 heteroatoms. The van der Waals surface area contributed by atoms with E-state index in [0.717, 1.165) is 4.47 Å². The Morgan fingerprint density at radius 3 is 2.61 bits per heavy atom. The van der Waals surface area contributed by atoms with Gasteiger partial charge in [0, 0.05) is 6.61 Å². The van der Waals surface area contributed by atoms with Gasteiger partial charge in [0.15, 0.2) is 5.82 Å². The molecular formula is C11H20BrN5O. The van der Waals surface area contributed by atoms with Crippen LogP contribution in [-0.4, -0.2) is 29.2 Å². The minimum Gasteiger partial charge on any atom is -0.380 e. The van der Waals surface area contributed by atoms with Gasteiger partial charge in [0.05, 0.1) is 12.6 Å². The van der Waals surface area contributed by atoms with Crippen molar-refractivity contribution in [3.8, 4) is 0 Å². The van der Waals surface area contributed by atoms with Gasteiger partial charge >= 0.3 is 0 Å². The third kappa shape index (κ3) is 4.08. The third-order valence-corrected chi connectivity index (χ3v) is 3.31. The largest absolute Gasteiger partial charge is 0.380 e. The van der Waals surface area contributed by atoms with Gasteiger partial charge in [0.2, 0.25) is 0 Å². The van der Waals surface area contributed by atoms with Crippen molar-refractivity contribution < 1.29 is 4.74 Å². The van der Waals surface area contributed by atoms with E-state index < -0.39 is 0 Å². The molecule has 0 aromatic carbocycles. The maximum absolute atomic E-state index is 5.46. The molecule has 1 heterocycles. The summed E-state index contributed by atoms with van der Waals surface area (Å²) < 4.78 is 6.18. The van der Waals surface area contributed by atoms with Crippen LogP contribution in [0.2, 0.25) is 0 Å². The van der Waals surface area contributed by atoms with Crippen molar-refractivity contribution in [2.45, 2.75) is 26.8 Å². The van der Waals surface area contributed by atoms with Gasteiger partial charge in [-0.25, -0.2) is 15.8 Å². The van der Waals surface area contributed by atoms with Crippen LogP contribution in [0.25, 0.3) is 0 Å². The van der Waals surface area contributed by atoms with Gasteiger partial charge in [-0.15, -0.1) is 0 Å². The summed E-state index contributed by atoms with van der Waals surface area (Å²) in [5.41, 5.74) is 2.51. The summed E-state index contributed by atoms with van der Waals surface area (Å²) in [6.45, 7) is 7.58. The normalized spacial score (nSPS) is 12.6. The second-order valence-electron chi connectivity index (χ2n) is 4.18. The topological polar surface area (TPSA) is 85.1 Å². The van der Waals surface area contributed by atoms with Crippen LogP contribution in [0.5, 0.6) is 0 Å². The van der Waals surface area contributed by atoms with Crippen molar-refractivity contribution in [1.82, 2.24) is 9.97 Å². The van der Waals surface area contributed by atoms with E-state index in [1.165, 1.54) is 6.33 Å². The Kier molecular flexibility index (Phi) is 6.31. The van der Waals surface area contributed by atoms with E-state index >= 15 is 0 Å². The molecule has 1 rings (SSSR count). The molecule has 0 aliphatic carbocycles. The van der Waals surface area contributed by atoms with E-state index in [9.17, 15) is 0 Å². The van der Waals surface area contributed by atoms with Crippen molar-refractivity contribution in [1.29, 1.82) is 0 Å².